The summed E-state index contributed by atoms with van der Waals surface area (Å²) in [5.41, 5.74) is 1.20. The molecule has 0 unspecified atom stereocenters. The number of esters is 2. The molecule has 4 heteroatoms. The molecule has 0 spiro atoms. The average Bonchev–Trinajstić information content (AvgIpc) is 2.64. The summed E-state index contributed by atoms with van der Waals surface area (Å²) >= 11 is 0. The quantitative estimate of drug-likeness (QED) is 0.215. The minimum Gasteiger partial charge on any atom is -0.463 e. The summed E-state index contributed by atoms with van der Waals surface area (Å²) in [6, 6.07) is 16.1. The Labute approximate surface area is 152 Å². The number of carbonyl (C=O) groups is 2. The molecule has 0 aromatic heterocycles. The van der Waals surface area contributed by atoms with Gasteiger partial charge < -0.3 is 9.47 Å². The van der Waals surface area contributed by atoms with Crippen LogP contribution in [0.5, 0.6) is 5.75 Å². The Balaban J connectivity index is 1.79. The summed E-state index contributed by atoms with van der Waals surface area (Å²) in [6.07, 6.45) is 2.78. The van der Waals surface area contributed by atoms with Crippen molar-refractivity contribution in [2.45, 2.75) is 19.8 Å². The van der Waals surface area contributed by atoms with Gasteiger partial charge in [-0.05, 0) is 52.1 Å². The Morgan fingerprint density at radius 1 is 1.00 bits per heavy atom. The van der Waals surface area contributed by atoms with Crippen LogP contribution in [-0.4, -0.2) is 18.5 Å². The van der Waals surface area contributed by atoms with Gasteiger partial charge in [0.05, 0.1) is 6.61 Å². The largest absolute Gasteiger partial charge is 0.463 e. The second-order valence-electron chi connectivity index (χ2n) is 6.07. The van der Waals surface area contributed by atoms with E-state index < -0.39 is 0 Å². The van der Waals surface area contributed by atoms with Gasteiger partial charge in [0, 0.05) is 13.0 Å². The summed E-state index contributed by atoms with van der Waals surface area (Å²) in [6.45, 7) is 5.16. The average molecular weight is 348 g/mol. The topological polar surface area (TPSA) is 52.6 Å². The highest BCUT2D eigenvalue weighted by Crippen LogP contribution is 2.29. The maximum Gasteiger partial charge on any atom is 0.330 e. The van der Waals surface area contributed by atoms with Crippen LogP contribution in [0.25, 0.3) is 21.5 Å². The summed E-state index contributed by atoms with van der Waals surface area (Å²) in [7, 11) is 0. The summed E-state index contributed by atoms with van der Waals surface area (Å²) in [5, 5.41) is 4.45. The highest BCUT2D eigenvalue weighted by molar-refractivity contribution is 6.08. The molecule has 0 aliphatic heterocycles. The monoisotopic (exact) mass is 348 g/mol. The zero-order valence-electron chi connectivity index (χ0n) is 14.7. The molecule has 0 radical (unpaired) electrons. The van der Waals surface area contributed by atoms with Crippen molar-refractivity contribution in [3.8, 4) is 5.75 Å². The van der Waals surface area contributed by atoms with Gasteiger partial charge in [-0.3, -0.25) is 4.79 Å². The minimum absolute atomic E-state index is 0.325. The van der Waals surface area contributed by atoms with E-state index in [0.29, 0.717) is 12.4 Å². The van der Waals surface area contributed by atoms with E-state index in [4.69, 9.17) is 9.47 Å². The SMILES string of the molecule is C=CC(=O)OCCCc1ccc2c(ccc3cc(OC(C)=O)ccc32)c1. The van der Waals surface area contributed by atoms with Crippen LogP contribution in [0.3, 0.4) is 0 Å². The lowest BCUT2D eigenvalue weighted by molar-refractivity contribution is -0.137. The number of rotatable bonds is 6. The molecule has 0 fully saturated rings. The molecular weight excluding hydrogens is 328 g/mol. The van der Waals surface area contributed by atoms with E-state index in [0.717, 1.165) is 34.4 Å². The van der Waals surface area contributed by atoms with Gasteiger partial charge >= 0.3 is 11.9 Å². The van der Waals surface area contributed by atoms with Crippen LogP contribution >= 0.6 is 0 Å². The molecule has 0 N–H and O–H groups in total. The molecule has 4 nitrogen and oxygen atoms in total. The van der Waals surface area contributed by atoms with Crippen LogP contribution in [0.4, 0.5) is 0 Å². The van der Waals surface area contributed by atoms with Crippen molar-refractivity contribution >= 4 is 33.5 Å². The van der Waals surface area contributed by atoms with Gasteiger partial charge in [0.25, 0.3) is 0 Å². The first-order valence-electron chi connectivity index (χ1n) is 8.50. The van der Waals surface area contributed by atoms with E-state index in [1.807, 2.05) is 24.3 Å². The van der Waals surface area contributed by atoms with Gasteiger partial charge in [0.2, 0.25) is 0 Å². The van der Waals surface area contributed by atoms with E-state index in [2.05, 4.69) is 30.8 Å². The third-order valence-electron chi connectivity index (χ3n) is 4.15. The second-order valence-corrected chi connectivity index (χ2v) is 6.07. The first kappa shape index (κ1) is 17.7. The van der Waals surface area contributed by atoms with Crippen molar-refractivity contribution in [1.29, 1.82) is 0 Å². The second kappa shape index (κ2) is 7.83. The summed E-state index contributed by atoms with van der Waals surface area (Å²) in [5.74, 6) is -0.160. The van der Waals surface area contributed by atoms with Gasteiger partial charge in [-0.2, -0.15) is 0 Å². The fourth-order valence-electron chi connectivity index (χ4n) is 2.99. The van der Waals surface area contributed by atoms with Crippen molar-refractivity contribution in [2.75, 3.05) is 6.61 Å². The Kier molecular flexibility index (Phi) is 5.32. The molecule has 0 heterocycles. The van der Waals surface area contributed by atoms with E-state index in [1.54, 1.807) is 0 Å². The standard InChI is InChI=1S/C22H20O4/c1-3-22(24)25-12-4-5-16-6-10-20-17(13-16)7-8-18-14-19(26-15(2)23)9-11-21(18)20/h3,6-11,13-14H,1,4-5,12H2,2H3. The van der Waals surface area contributed by atoms with E-state index in [1.165, 1.54) is 18.6 Å². The molecule has 26 heavy (non-hydrogen) atoms. The van der Waals surface area contributed by atoms with Crippen LogP contribution in [0, 0.1) is 0 Å². The van der Waals surface area contributed by atoms with Gasteiger partial charge in [0.1, 0.15) is 5.75 Å². The lowest BCUT2D eigenvalue weighted by atomic mass is 9.98. The maximum absolute atomic E-state index is 11.1. The van der Waals surface area contributed by atoms with Crippen molar-refractivity contribution in [2.24, 2.45) is 0 Å². The fraction of sp³-hybridized carbons (Fsp3) is 0.182. The molecule has 0 saturated heterocycles. The normalized spacial score (nSPS) is 10.7. The number of hydrogen-bond donors (Lipinski definition) is 0. The highest BCUT2D eigenvalue weighted by atomic mass is 16.5. The molecule has 132 valence electrons. The molecule has 0 aliphatic rings. The van der Waals surface area contributed by atoms with Crippen molar-refractivity contribution in [3.05, 3.63) is 66.7 Å². The van der Waals surface area contributed by atoms with E-state index in [-0.39, 0.29) is 11.9 Å². The van der Waals surface area contributed by atoms with Crippen molar-refractivity contribution in [1.82, 2.24) is 0 Å². The Bertz CT molecular complexity index is 988. The highest BCUT2D eigenvalue weighted by Gasteiger charge is 2.05. The van der Waals surface area contributed by atoms with Crippen molar-refractivity contribution < 1.29 is 19.1 Å². The van der Waals surface area contributed by atoms with Gasteiger partial charge in [-0.25, -0.2) is 4.79 Å². The lowest BCUT2D eigenvalue weighted by Crippen LogP contribution is -2.02. The smallest absolute Gasteiger partial charge is 0.330 e. The van der Waals surface area contributed by atoms with Gasteiger partial charge in [-0.1, -0.05) is 43.0 Å². The zero-order valence-corrected chi connectivity index (χ0v) is 14.7. The molecule has 0 amide bonds. The minimum atomic E-state index is -0.386. The molecule has 0 aliphatic carbocycles. The Morgan fingerprint density at radius 3 is 2.38 bits per heavy atom. The van der Waals surface area contributed by atoms with E-state index >= 15 is 0 Å². The van der Waals surface area contributed by atoms with Crippen LogP contribution in [0.2, 0.25) is 0 Å². The van der Waals surface area contributed by atoms with Crippen molar-refractivity contribution in [3.63, 3.8) is 0 Å². The predicted molar refractivity (Wildman–Crippen MR) is 102 cm³/mol. The number of fused-ring (bicyclic) bond motifs is 3. The Hall–Kier alpha value is -3.14. The zero-order chi connectivity index (χ0) is 18.5. The van der Waals surface area contributed by atoms with E-state index in [9.17, 15) is 9.59 Å². The third kappa shape index (κ3) is 4.09. The predicted octanol–water partition coefficient (Wildman–Crippen LogP) is 4.58. The molecule has 3 aromatic rings. The van der Waals surface area contributed by atoms with Crippen LogP contribution in [-0.2, 0) is 20.7 Å². The first-order chi connectivity index (χ1) is 12.6. The number of aryl methyl sites for hydroxylation is 1. The van der Waals surface area contributed by atoms with Gasteiger partial charge in [0.15, 0.2) is 0 Å². The third-order valence-corrected chi connectivity index (χ3v) is 4.15. The number of hydrogen-bond acceptors (Lipinski definition) is 4. The first-order valence-corrected chi connectivity index (χ1v) is 8.50. The maximum atomic E-state index is 11.1. The Morgan fingerprint density at radius 2 is 1.69 bits per heavy atom. The fourth-order valence-corrected chi connectivity index (χ4v) is 2.99. The molecule has 0 saturated carbocycles. The summed E-state index contributed by atoms with van der Waals surface area (Å²) in [4.78, 5) is 22.1. The number of benzene rings is 3. The molecular formula is C22H20O4. The molecule has 0 atom stereocenters. The number of carbonyl (C=O) groups excluding carboxylic acids is 2. The number of ether oxygens (including phenoxy) is 2. The molecule has 3 rings (SSSR count). The molecule has 3 aromatic carbocycles. The van der Waals surface area contributed by atoms with Crippen LogP contribution in [0.15, 0.2) is 61.2 Å². The van der Waals surface area contributed by atoms with Crippen LogP contribution < -0.4 is 4.74 Å². The molecule has 0 bridgehead atoms. The van der Waals surface area contributed by atoms with Crippen LogP contribution in [0.1, 0.15) is 18.9 Å². The van der Waals surface area contributed by atoms with Gasteiger partial charge in [-0.15, -0.1) is 0 Å². The summed E-state index contributed by atoms with van der Waals surface area (Å²) < 4.78 is 10.2. The lowest BCUT2D eigenvalue weighted by Gasteiger charge is -2.09.